The Morgan fingerprint density at radius 3 is 2.20 bits per heavy atom. The van der Waals surface area contributed by atoms with Gasteiger partial charge < -0.3 is 29.9 Å². The standard InChI is InChI=1S/C36H59N3O12/c1-19(9-13-26(40)33(4,5)43)20-15-16-34(6)24-12-10-21-22(36(24,8)25(38(46)47)17-35(20,34)7)11-14-27(32(21,2)3)51-31-30(42)28(39(48)49)29(41)23(50-31)18-37(44)45/h10,19-20,22-31,40-43H,9,11-18H2,1-8H3/t19-,20?,22?,23-,24?,25-,26-,27+,28+,29-,30-,31+,34+,35-,36+/m1/s1. The summed E-state index contributed by atoms with van der Waals surface area (Å²) in [7, 11) is 0. The average Bonchev–Trinajstić information content (AvgIpc) is 3.28. The number of allylic oxidation sites excluding steroid dienone is 1. The predicted molar refractivity (Wildman–Crippen MR) is 184 cm³/mol. The van der Waals surface area contributed by atoms with Crippen LogP contribution in [-0.4, -0.2) is 96.2 Å². The van der Waals surface area contributed by atoms with Crippen LogP contribution in [0.15, 0.2) is 11.6 Å². The number of aliphatic hydroxyl groups is 4. The van der Waals surface area contributed by atoms with Gasteiger partial charge in [0.1, 0.15) is 0 Å². The molecule has 5 rings (SSSR count). The number of nitrogens with zero attached hydrogens (tertiary/aromatic N) is 3. The van der Waals surface area contributed by atoms with Gasteiger partial charge in [-0.25, -0.2) is 0 Å². The van der Waals surface area contributed by atoms with Crippen LogP contribution in [0.2, 0.25) is 0 Å². The minimum atomic E-state index is -1.94. The van der Waals surface area contributed by atoms with E-state index in [9.17, 15) is 50.8 Å². The highest BCUT2D eigenvalue weighted by Gasteiger charge is 2.73. The summed E-state index contributed by atoms with van der Waals surface area (Å²) >= 11 is 0. The number of hydrogen-bond donors (Lipinski definition) is 4. The first-order valence-electron chi connectivity index (χ1n) is 18.6. The molecule has 3 unspecified atom stereocenters. The van der Waals surface area contributed by atoms with Crippen molar-refractivity contribution >= 4 is 0 Å². The second-order valence-electron chi connectivity index (χ2n) is 18.3. The zero-order chi connectivity index (χ0) is 38.2. The van der Waals surface area contributed by atoms with Crippen molar-refractivity contribution in [2.75, 3.05) is 6.54 Å². The molecule has 15 atom stereocenters. The number of hydrogen-bond acceptors (Lipinski definition) is 12. The molecule has 0 aromatic heterocycles. The molecule has 0 spiro atoms. The van der Waals surface area contributed by atoms with Crippen molar-refractivity contribution in [3.05, 3.63) is 42.0 Å². The third-order valence-electron chi connectivity index (χ3n) is 15.1. The van der Waals surface area contributed by atoms with Gasteiger partial charge in [0, 0.05) is 32.0 Å². The van der Waals surface area contributed by atoms with Crippen molar-refractivity contribution in [2.45, 2.75) is 161 Å². The molecule has 0 aromatic carbocycles. The molecule has 1 saturated heterocycles. The Morgan fingerprint density at radius 1 is 0.980 bits per heavy atom. The maximum Gasteiger partial charge on any atom is 0.271 e. The molecule has 0 aromatic rings. The van der Waals surface area contributed by atoms with Crippen molar-refractivity contribution in [3.8, 4) is 0 Å². The Hall–Kier alpha value is -2.30. The van der Waals surface area contributed by atoms with Gasteiger partial charge in [-0.15, -0.1) is 0 Å². The van der Waals surface area contributed by atoms with Crippen molar-refractivity contribution in [3.63, 3.8) is 0 Å². The van der Waals surface area contributed by atoms with Gasteiger partial charge in [0.25, 0.3) is 6.04 Å². The van der Waals surface area contributed by atoms with Crippen molar-refractivity contribution in [1.29, 1.82) is 0 Å². The van der Waals surface area contributed by atoms with E-state index in [1.807, 2.05) is 13.8 Å². The van der Waals surface area contributed by atoms with Gasteiger partial charge in [-0.3, -0.25) is 30.3 Å². The van der Waals surface area contributed by atoms with Crippen LogP contribution in [0.1, 0.15) is 107 Å². The van der Waals surface area contributed by atoms with Crippen LogP contribution < -0.4 is 0 Å². The SMILES string of the molecule is C[C@H](CC[C@@H](O)C(C)(C)O)C1CC[C@@]2(C)C3CC=C4C(CC[C@H](O[C@@H]5O[C@H](C[N+](=O)[O-])[C@@H](O)[C@H]([N+](=O)[O-])[C@H]5O)C4(C)C)[C@]3(C)[C@H]([N+](=O)[O-])C[C@]12C. The molecule has 4 N–H and O–H groups in total. The minimum absolute atomic E-state index is 0.0223. The van der Waals surface area contributed by atoms with E-state index in [0.29, 0.717) is 38.5 Å². The summed E-state index contributed by atoms with van der Waals surface area (Å²) in [5, 5.41) is 78.5. The van der Waals surface area contributed by atoms with Gasteiger partial charge in [-0.1, -0.05) is 53.2 Å². The summed E-state index contributed by atoms with van der Waals surface area (Å²) in [6, 6.07) is -2.75. The van der Waals surface area contributed by atoms with Crippen LogP contribution in [0.4, 0.5) is 0 Å². The highest BCUT2D eigenvalue weighted by molar-refractivity contribution is 5.32. The third-order valence-corrected chi connectivity index (χ3v) is 15.1. The Balaban J connectivity index is 1.43. The summed E-state index contributed by atoms with van der Waals surface area (Å²) in [5.41, 5.74) is -2.11. The topological polar surface area (TPSA) is 229 Å². The van der Waals surface area contributed by atoms with Gasteiger partial charge in [0.05, 0.1) is 17.8 Å². The summed E-state index contributed by atoms with van der Waals surface area (Å²) in [4.78, 5) is 34.6. The van der Waals surface area contributed by atoms with Crippen molar-refractivity contribution in [2.24, 2.45) is 45.3 Å². The molecule has 0 bridgehead atoms. The molecule has 4 fully saturated rings. The summed E-state index contributed by atoms with van der Waals surface area (Å²) < 4.78 is 11.9. The van der Waals surface area contributed by atoms with Crippen LogP contribution in [0, 0.1) is 75.7 Å². The lowest BCUT2D eigenvalue weighted by molar-refractivity contribution is -0.575. The van der Waals surface area contributed by atoms with E-state index in [0.717, 1.165) is 18.4 Å². The largest absolute Gasteiger partial charge is 0.390 e. The molecular weight excluding hydrogens is 666 g/mol. The predicted octanol–water partition coefficient (Wildman–Crippen LogP) is 4.15. The molecule has 51 heavy (non-hydrogen) atoms. The number of rotatable bonds is 11. The maximum atomic E-state index is 13.2. The lowest BCUT2D eigenvalue weighted by atomic mass is 9.37. The van der Waals surface area contributed by atoms with Crippen LogP contribution in [-0.2, 0) is 9.47 Å². The van der Waals surface area contributed by atoms with E-state index < -0.39 is 81.7 Å². The van der Waals surface area contributed by atoms with Crippen molar-refractivity contribution in [1.82, 2.24) is 0 Å². The Kier molecular flexibility index (Phi) is 10.6. The molecule has 290 valence electrons. The number of nitro groups is 3. The zero-order valence-corrected chi connectivity index (χ0v) is 31.3. The Morgan fingerprint density at radius 2 is 1.63 bits per heavy atom. The van der Waals surface area contributed by atoms with Crippen LogP contribution in [0.3, 0.4) is 0 Å². The minimum Gasteiger partial charge on any atom is -0.390 e. The van der Waals surface area contributed by atoms with E-state index in [1.54, 1.807) is 13.8 Å². The summed E-state index contributed by atoms with van der Waals surface area (Å²) in [6.45, 7) is 15.1. The second kappa shape index (κ2) is 13.5. The van der Waals surface area contributed by atoms with Crippen LogP contribution >= 0.6 is 0 Å². The highest BCUT2D eigenvalue weighted by Crippen LogP contribution is 2.75. The fraction of sp³-hybridized carbons (Fsp3) is 0.944. The average molecular weight is 726 g/mol. The van der Waals surface area contributed by atoms with E-state index in [-0.39, 0.29) is 39.4 Å². The molecule has 15 nitrogen and oxygen atoms in total. The lowest BCUT2D eigenvalue weighted by Crippen LogP contribution is -2.66. The van der Waals surface area contributed by atoms with Crippen molar-refractivity contribution < 1.29 is 44.7 Å². The van der Waals surface area contributed by atoms with Crippen LogP contribution in [0.5, 0.6) is 0 Å². The first-order valence-corrected chi connectivity index (χ1v) is 18.6. The smallest absolute Gasteiger partial charge is 0.271 e. The van der Waals surface area contributed by atoms with Crippen LogP contribution in [0.25, 0.3) is 0 Å². The van der Waals surface area contributed by atoms with Gasteiger partial charge in [-0.05, 0) is 93.3 Å². The molecule has 1 aliphatic heterocycles. The molecule has 15 heteroatoms. The van der Waals surface area contributed by atoms with Gasteiger partial charge in [0.15, 0.2) is 24.6 Å². The van der Waals surface area contributed by atoms with Gasteiger partial charge in [-0.2, -0.15) is 0 Å². The number of fused-ring (bicyclic) bond motifs is 5. The molecule has 4 aliphatic carbocycles. The zero-order valence-electron chi connectivity index (χ0n) is 31.3. The molecule has 0 amide bonds. The second-order valence-corrected chi connectivity index (χ2v) is 18.3. The molecular formula is C36H59N3O12. The molecule has 1 heterocycles. The number of aliphatic hydroxyl groups excluding tert-OH is 3. The normalized spacial score (nSPS) is 44.7. The maximum absolute atomic E-state index is 13.2. The van der Waals surface area contributed by atoms with E-state index >= 15 is 0 Å². The van der Waals surface area contributed by atoms with Gasteiger partial charge >= 0.3 is 0 Å². The first kappa shape index (κ1) is 39.9. The summed E-state index contributed by atoms with van der Waals surface area (Å²) in [5.74, 6) is 0.297. The Labute approximate surface area is 299 Å². The highest BCUT2D eigenvalue weighted by atomic mass is 16.7. The number of ether oxygens (including phenoxy) is 2. The third kappa shape index (κ3) is 6.41. The Bertz CT molecular complexity index is 1400. The quantitative estimate of drug-likeness (QED) is 0.134. The van der Waals surface area contributed by atoms with E-state index in [2.05, 4.69) is 33.8 Å². The molecule has 3 saturated carbocycles. The fourth-order valence-electron chi connectivity index (χ4n) is 11.9. The molecule has 0 radical (unpaired) electrons. The summed E-state index contributed by atoms with van der Waals surface area (Å²) in [6.07, 6.45) is -1.14. The van der Waals surface area contributed by atoms with Gasteiger partial charge in [0.2, 0.25) is 12.6 Å². The monoisotopic (exact) mass is 725 g/mol. The van der Waals surface area contributed by atoms with E-state index in [4.69, 9.17) is 9.47 Å². The fourth-order valence-corrected chi connectivity index (χ4v) is 11.9. The molecule has 5 aliphatic rings. The lowest BCUT2D eigenvalue weighted by Gasteiger charge is -2.66. The van der Waals surface area contributed by atoms with E-state index in [1.165, 1.54) is 0 Å². The first-order chi connectivity index (χ1) is 23.4.